The second-order valence-corrected chi connectivity index (χ2v) is 1.80. The van der Waals surface area contributed by atoms with E-state index < -0.39 is 5.97 Å². The lowest BCUT2D eigenvalue weighted by Crippen LogP contribution is -2.20. The maximum absolute atomic E-state index is 11.9. The number of aromatic nitrogens is 2. The lowest BCUT2D eigenvalue weighted by molar-refractivity contribution is 0.0690. The van der Waals surface area contributed by atoms with E-state index in [1.807, 2.05) is 0 Å². The minimum absolute atomic E-state index is 0.0786. The van der Waals surface area contributed by atoms with Crippen molar-refractivity contribution in [2.24, 2.45) is 0 Å². The molecule has 7 heteroatoms. The quantitative estimate of drug-likeness (QED) is 0.535. The van der Waals surface area contributed by atoms with Gasteiger partial charge in [-0.1, -0.05) is 0 Å². The van der Waals surface area contributed by atoms with Crippen LogP contribution in [0.4, 0.5) is 4.32 Å². The van der Waals surface area contributed by atoms with Gasteiger partial charge in [-0.05, 0) is 13.0 Å². The van der Waals surface area contributed by atoms with E-state index in [0.29, 0.717) is 4.59 Å². The number of aromatic carboxylic acids is 1. The standard InChI is InChI=1S/C4H3B2FN2O2/c5-3-1-2(4(10)11)8-9(3)6-7/h1,5H,(H,10,11)/i5D. The van der Waals surface area contributed by atoms with Crippen LogP contribution in [0.25, 0.3) is 0 Å². The first-order valence-corrected chi connectivity index (χ1v) is 2.67. The summed E-state index contributed by atoms with van der Waals surface area (Å²) in [4.78, 5) is 10.3. The molecule has 0 saturated heterocycles. The van der Waals surface area contributed by atoms with Crippen LogP contribution in [0.3, 0.4) is 0 Å². The van der Waals surface area contributed by atoms with Gasteiger partial charge in [-0.2, -0.15) is 5.10 Å². The Bertz CT molecular complexity index is 284. The van der Waals surface area contributed by atoms with E-state index >= 15 is 0 Å². The number of hydrogen-bond acceptors (Lipinski definition) is 2. The fraction of sp³-hybridized carbons (Fsp3) is 0. The molecule has 11 heavy (non-hydrogen) atoms. The molecule has 0 aliphatic carbocycles. The zero-order valence-corrected chi connectivity index (χ0v) is 5.36. The van der Waals surface area contributed by atoms with Crippen molar-refractivity contribution in [1.82, 2.24) is 9.69 Å². The normalized spacial score (nSPS) is 10.5. The summed E-state index contributed by atoms with van der Waals surface area (Å²) in [5, 5.41) is 11.8. The first-order chi connectivity index (χ1) is 5.69. The predicted octanol–water partition coefficient (Wildman–Crippen LogP) is -1.54. The Morgan fingerprint density at radius 3 is 3.18 bits per heavy atom. The molecular formula is C4H3B2FN2O2. The van der Waals surface area contributed by atoms with Gasteiger partial charge in [0, 0.05) is 0 Å². The molecule has 0 spiro atoms. The van der Waals surface area contributed by atoms with Gasteiger partial charge in [0.15, 0.2) is 13.5 Å². The predicted molar refractivity (Wildman–Crippen MR) is 38.2 cm³/mol. The SMILES string of the molecule is [2H][B]c1cc(C(=O)O)nn1[B]F. The van der Waals surface area contributed by atoms with Crippen LogP contribution < -0.4 is 5.59 Å². The summed E-state index contributed by atoms with van der Waals surface area (Å²) in [5.41, 5.74) is -0.211. The third-order valence-electron chi connectivity index (χ3n) is 1.08. The molecule has 0 saturated carbocycles. The van der Waals surface area contributed by atoms with Crippen LogP contribution in [0.15, 0.2) is 6.07 Å². The maximum Gasteiger partial charge on any atom is 0.511 e. The fourth-order valence-corrected chi connectivity index (χ4v) is 0.592. The van der Waals surface area contributed by atoms with Crippen LogP contribution in [0.5, 0.6) is 0 Å². The number of nitrogens with zero attached hydrogens (tertiary/aromatic N) is 2. The van der Waals surface area contributed by atoms with E-state index in [2.05, 4.69) is 5.10 Å². The molecule has 2 radical (unpaired) electrons. The van der Waals surface area contributed by atoms with E-state index in [1.54, 1.807) is 0 Å². The molecule has 0 bridgehead atoms. The van der Waals surface area contributed by atoms with Crippen LogP contribution in [0, 0.1) is 0 Å². The van der Waals surface area contributed by atoms with Gasteiger partial charge in [-0.3, -0.25) is 4.59 Å². The summed E-state index contributed by atoms with van der Waals surface area (Å²) in [5.74, 6) is -1.25. The molecule has 0 unspecified atom stereocenters. The van der Waals surface area contributed by atoms with Crippen LogP contribution in [0.2, 0.25) is 0 Å². The Morgan fingerprint density at radius 2 is 2.82 bits per heavy atom. The van der Waals surface area contributed by atoms with E-state index in [1.165, 1.54) is 0 Å². The van der Waals surface area contributed by atoms with Crippen LogP contribution >= 0.6 is 0 Å². The van der Waals surface area contributed by atoms with Crippen LogP contribution in [-0.2, 0) is 0 Å². The van der Waals surface area contributed by atoms with E-state index in [-0.39, 0.29) is 19.0 Å². The van der Waals surface area contributed by atoms with Crippen molar-refractivity contribution in [2.45, 2.75) is 0 Å². The Morgan fingerprint density at radius 1 is 2.09 bits per heavy atom. The molecular weight excluding hydrogens is 149 g/mol. The third-order valence-corrected chi connectivity index (χ3v) is 1.08. The summed E-state index contributed by atoms with van der Waals surface area (Å²) in [6.07, 6.45) is 0. The second kappa shape index (κ2) is 2.77. The molecule has 0 aromatic carbocycles. The molecule has 0 aliphatic rings. The minimum Gasteiger partial charge on any atom is -0.476 e. The van der Waals surface area contributed by atoms with Crippen molar-refractivity contribution < 1.29 is 14.2 Å². The average Bonchev–Trinajstić information content (AvgIpc) is 2.46. The molecule has 1 aromatic heterocycles. The van der Waals surface area contributed by atoms with E-state index in [4.69, 9.17) is 6.44 Å². The highest BCUT2D eigenvalue weighted by Gasteiger charge is 2.10. The molecule has 1 rings (SSSR count). The zero-order chi connectivity index (χ0) is 9.14. The number of carboxylic acid groups (broad SMARTS) is 1. The van der Waals surface area contributed by atoms with Gasteiger partial charge >= 0.3 is 13.7 Å². The topological polar surface area (TPSA) is 55.1 Å². The first-order valence-electron chi connectivity index (χ1n) is 3.24. The van der Waals surface area contributed by atoms with Crippen molar-refractivity contribution in [1.29, 1.82) is 1.34 Å². The third kappa shape index (κ3) is 1.42. The molecule has 1 aromatic rings. The first kappa shape index (κ1) is 6.45. The van der Waals surface area contributed by atoms with E-state index in [0.717, 1.165) is 13.9 Å². The van der Waals surface area contributed by atoms with Gasteiger partial charge in [0.05, 0.1) is 0 Å². The lowest BCUT2D eigenvalue weighted by Gasteiger charge is -1.90. The van der Waals surface area contributed by atoms with Crippen molar-refractivity contribution >= 4 is 27.1 Å². The fourth-order valence-electron chi connectivity index (χ4n) is 0.592. The molecule has 0 aliphatic heterocycles. The number of rotatable bonds is 3. The van der Waals surface area contributed by atoms with Crippen molar-refractivity contribution in [3.63, 3.8) is 0 Å². The summed E-state index contributed by atoms with van der Waals surface area (Å²) >= 11 is 0. The second-order valence-electron chi connectivity index (χ2n) is 1.80. The summed E-state index contributed by atoms with van der Waals surface area (Å²) < 4.78 is 19.4. The maximum atomic E-state index is 11.9. The van der Waals surface area contributed by atoms with Gasteiger partial charge in [0.1, 0.15) is 0 Å². The van der Waals surface area contributed by atoms with Gasteiger partial charge in [0.2, 0.25) is 0 Å². The minimum atomic E-state index is -1.25. The largest absolute Gasteiger partial charge is 0.511 e. The molecule has 4 nitrogen and oxygen atoms in total. The molecule has 54 valence electrons. The highest BCUT2D eigenvalue weighted by Crippen LogP contribution is 1.90. The molecule has 1 N–H and O–H groups in total. The molecule has 0 fully saturated rings. The highest BCUT2D eigenvalue weighted by molar-refractivity contribution is 6.37. The van der Waals surface area contributed by atoms with Gasteiger partial charge in [-0.25, -0.2) is 4.79 Å². The average molecular weight is 153 g/mol. The lowest BCUT2D eigenvalue weighted by atomic mass is 10.0. The summed E-state index contributed by atoms with van der Waals surface area (Å²) in [7, 11) is 0.905. The van der Waals surface area contributed by atoms with Crippen molar-refractivity contribution in [3.8, 4) is 0 Å². The summed E-state index contributed by atoms with van der Waals surface area (Å²) in [6, 6.07) is 1.10. The number of hydrogen-bond donors (Lipinski definition) is 1. The van der Waals surface area contributed by atoms with Crippen LogP contribution in [-0.4, -0.2) is 37.6 Å². The smallest absolute Gasteiger partial charge is 0.476 e. The Balaban J connectivity index is 3.05. The van der Waals surface area contributed by atoms with Gasteiger partial charge in [0.25, 0.3) is 0 Å². The van der Waals surface area contributed by atoms with E-state index in [9.17, 15) is 9.11 Å². The van der Waals surface area contributed by atoms with Gasteiger partial charge < -0.3 is 9.42 Å². The molecule has 0 atom stereocenters. The number of carbonyl (C=O) groups is 1. The van der Waals surface area contributed by atoms with Crippen molar-refractivity contribution in [2.75, 3.05) is 0 Å². The van der Waals surface area contributed by atoms with Crippen LogP contribution in [0.1, 0.15) is 10.5 Å². The number of halogens is 1. The van der Waals surface area contributed by atoms with Gasteiger partial charge in [-0.15, -0.1) is 0 Å². The Labute approximate surface area is 65.1 Å². The number of carboxylic acids is 1. The van der Waals surface area contributed by atoms with Crippen molar-refractivity contribution in [3.05, 3.63) is 11.8 Å². The molecule has 1 heterocycles. The zero-order valence-electron chi connectivity index (χ0n) is 6.36. The summed E-state index contributed by atoms with van der Waals surface area (Å²) in [6.45, 7) is 0. The Hall–Kier alpha value is -1.26. The monoisotopic (exact) mass is 153 g/mol. The highest BCUT2D eigenvalue weighted by atomic mass is 19.1. The Kier molecular flexibility index (Phi) is 1.63. The molecule has 0 amide bonds.